The van der Waals surface area contributed by atoms with Crippen molar-refractivity contribution >= 4 is 23.4 Å². The van der Waals surface area contributed by atoms with Gasteiger partial charge in [0.1, 0.15) is 5.82 Å². The van der Waals surface area contributed by atoms with E-state index in [0.717, 1.165) is 5.82 Å². The van der Waals surface area contributed by atoms with Crippen LogP contribution in [0.1, 0.15) is 16.2 Å². The van der Waals surface area contributed by atoms with Gasteiger partial charge in [-0.15, -0.1) is 10.2 Å². The summed E-state index contributed by atoms with van der Waals surface area (Å²) >= 11 is 1.28. The Morgan fingerprint density at radius 3 is 2.67 bits per heavy atom. The third kappa shape index (κ3) is 2.17. The molecule has 2 rings (SSSR count). The molecule has 0 atom stereocenters. The Kier molecular flexibility index (Phi) is 3.24. The van der Waals surface area contributed by atoms with Gasteiger partial charge in [-0.05, 0) is 30.8 Å². The lowest BCUT2D eigenvalue weighted by Gasteiger charge is -2.08. The van der Waals surface area contributed by atoms with E-state index in [1.54, 1.807) is 18.2 Å². The van der Waals surface area contributed by atoms with Gasteiger partial charge in [0.25, 0.3) is 0 Å². The maximum atomic E-state index is 11.4. The zero-order valence-corrected chi connectivity index (χ0v) is 10.9. The molecule has 1 amide bonds. The summed E-state index contributed by atoms with van der Waals surface area (Å²) in [6, 6.07) is 5.06. The molecule has 2 aromatic rings. The van der Waals surface area contributed by atoms with E-state index < -0.39 is 5.91 Å². The van der Waals surface area contributed by atoms with Crippen LogP contribution in [0, 0.1) is 6.92 Å². The number of nitrogen functional groups attached to an aromatic ring is 1. The van der Waals surface area contributed by atoms with Crippen LogP contribution in [0.3, 0.4) is 0 Å². The van der Waals surface area contributed by atoms with Crippen LogP contribution < -0.4 is 11.5 Å². The Morgan fingerprint density at radius 1 is 1.39 bits per heavy atom. The molecule has 94 valence electrons. The fraction of sp³-hybridized carbons (Fsp3) is 0.182. The first-order valence-electron chi connectivity index (χ1n) is 5.23. The van der Waals surface area contributed by atoms with Crippen LogP contribution in [-0.2, 0) is 7.05 Å². The lowest BCUT2D eigenvalue weighted by atomic mass is 10.2. The third-order valence-corrected chi connectivity index (χ3v) is 3.75. The quantitative estimate of drug-likeness (QED) is 0.803. The lowest BCUT2D eigenvalue weighted by molar-refractivity contribution is 0.0997. The van der Waals surface area contributed by atoms with Crippen molar-refractivity contribution in [1.82, 2.24) is 14.8 Å². The van der Waals surface area contributed by atoms with E-state index in [0.29, 0.717) is 21.3 Å². The van der Waals surface area contributed by atoms with E-state index in [1.807, 2.05) is 18.5 Å². The Hall–Kier alpha value is -2.02. The Bertz CT molecular complexity index is 607. The van der Waals surface area contributed by atoms with Gasteiger partial charge in [0, 0.05) is 12.7 Å². The smallest absolute Gasteiger partial charge is 0.249 e. The van der Waals surface area contributed by atoms with Crippen molar-refractivity contribution in [3.8, 4) is 0 Å². The summed E-state index contributed by atoms with van der Waals surface area (Å²) in [5.74, 6) is 0.274. The highest BCUT2D eigenvalue weighted by Crippen LogP contribution is 2.33. The minimum Gasteiger partial charge on any atom is -0.398 e. The summed E-state index contributed by atoms with van der Waals surface area (Å²) in [6.45, 7) is 1.85. The molecule has 0 bridgehead atoms. The minimum absolute atomic E-state index is 0.389. The molecular weight excluding hydrogens is 250 g/mol. The van der Waals surface area contributed by atoms with Gasteiger partial charge in [-0.1, -0.05) is 6.07 Å². The Morgan fingerprint density at radius 2 is 2.11 bits per heavy atom. The van der Waals surface area contributed by atoms with Crippen LogP contribution in [0.15, 0.2) is 28.3 Å². The molecule has 1 aromatic heterocycles. The maximum Gasteiger partial charge on any atom is 0.249 e. The Balaban J connectivity index is 2.46. The summed E-state index contributed by atoms with van der Waals surface area (Å²) in [4.78, 5) is 12.0. The number of amides is 1. The Labute approximate surface area is 108 Å². The summed E-state index contributed by atoms with van der Waals surface area (Å²) in [5, 5.41) is 8.63. The molecule has 0 aliphatic rings. The lowest BCUT2D eigenvalue weighted by Crippen LogP contribution is -2.13. The number of nitrogens with zero attached hydrogens (tertiary/aromatic N) is 3. The zero-order valence-electron chi connectivity index (χ0n) is 10.0. The van der Waals surface area contributed by atoms with Gasteiger partial charge in [-0.2, -0.15) is 0 Å². The van der Waals surface area contributed by atoms with Gasteiger partial charge in [-0.3, -0.25) is 4.79 Å². The fourth-order valence-electron chi connectivity index (χ4n) is 1.43. The molecule has 0 spiro atoms. The highest BCUT2D eigenvalue weighted by Gasteiger charge is 2.15. The molecule has 0 aliphatic heterocycles. The molecule has 6 nitrogen and oxygen atoms in total. The predicted molar refractivity (Wildman–Crippen MR) is 69.2 cm³/mol. The largest absolute Gasteiger partial charge is 0.398 e. The van der Waals surface area contributed by atoms with Crippen molar-refractivity contribution in [2.24, 2.45) is 12.8 Å². The number of primary amides is 1. The van der Waals surface area contributed by atoms with Gasteiger partial charge in [0.15, 0.2) is 5.16 Å². The van der Waals surface area contributed by atoms with Crippen LogP contribution in [0.4, 0.5) is 5.69 Å². The summed E-state index contributed by atoms with van der Waals surface area (Å²) < 4.78 is 1.82. The molecular formula is C11H13N5OS. The van der Waals surface area contributed by atoms with E-state index in [2.05, 4.69) is 10.2 Å². The third-order valence-electron chi connectivity index (χ3n) is 2.56. The first-order chi connectivity index (χ1) is 8.50. The standard InChI is InChI=1S/C11H13N5OS/c1-6-14-15-11(16(6)2)18-9-7(10(13)17)4-3-5-8(9)12/h3-5H,12H2,1-2H3,(H2,13,17). The van der Waals surface area contributed by atoms with Crippen molar-refractivity contribution in [3.05, 3.63) is 29.6 Å². The van der Waals surface area contributed by atoms with Crippen LogP contribution >= 0.6 is 11.8 Å². The van der Waals surface area contributed by atoms with E-state index >= 15 is 0 Å². The second-order valence-electron chi connectivity index (χ2n) is 3.78. The SMILES string of the molecule is Cc1nnc(Sc2c(N)cccc2C(N)=O)n1C. The van der Waals surface area contributed by atoms with Crippen LogP contribution in [0.5, 0.6) is 0 Å². The van der Waals surface area contributed by atoms with Crippen LogP contribution in [0.2, 0.25) is 0 Å². The number of aromatic nitrogens is 3. The molecule has 7 heteroatoms. The predicted octanol–water partition coefficient (Wildman–Crippen LogP) is 0.956. The average Bonchev–Trinajstić information content (AvgIpc) is 2.63. The summed E-state index contributed by atoms with van der Waals surface area (Å²) in [6.07, 6.45) is 0. The molecule has 0 unspecified atom stereocenters. The molecule has 0 saturated carbocycles. The second-order valence-corrected chi connectivity index (χ2v) is 4.76. The first-order valence-corrected chi connectivity index (χ1v) is 6.04. The van der Waals surface area contributed by atoms with E-state index in [9.17, 15) is 4.79 Å². The maximum absolute atomic E-state index is 11.4. The second kappa shape index (κ2) is 4.69. The minimum atomic E-state index is -0.510. The number of anilines is 1. The van der Waals surface area contributed by atoms with Gasteiger partial charge in [0.05, 0.1) is 10.5 Å². The molecule has 0 aliphatic carbocycles. The molecule has 0 radical (unpaired) electrons. The number of hydrogen-bond acceptors (Lipinski definition) is 5. The molecule has 0 fully saturated rings. The molecule has 4 N–H and O–H groups in total. The highest BCUT2D eigenvalue weighted by atomic mass is 32.2. The first kappa shape index (κ1) is 12.4. The van der Waals surface area contributed by atoms with Crippen molar-refractivity contribution in [1.29, 1.82) is 0 Å². The number of nitrogens with two attached hydrogens (primary N) is 2. The fourth-order valence-corrected chi connectivity index (χ4v) is 2.43. The van der Waals surface area contributed by atoms with E-state index in [4.69, 9.17) is 11.5 Å². The monoisotopic (exact) mass is 263 g/mol. The molecule has 1 heterocycles. The highest BCUT2D eigenvalue weighted by molar-refractivity contribution is 7.99. The average molecular weight is 263 g/mol. The van der Waals surface area contributed by atoms with E-state index in [-0.39, 0.29) is 0 Å². The number of carbonyl (C=O) groups is 1. The summed E-state index contributed by atoms with van der Waals surface area (Å²) in [5.41, 5.74) is 12.1. The topological polar surface area (TPSA) is 99.8 Å². The number of aryl methyl sites for hydroxylation is 1. The van der Waals surface area contributed by atoms with Crippen LogP contribution in [-0.4, -0.2) is 20.7 Å². The van der Waals surface area contributed by atoms with Crippen molar-refractivity contribution in [2.75, 3.05) is 5.73 Å². The van der Waals surface area contributed by atoms with Crippen molar-refractivity contribution < 1.29 is 4.79 Å². The number of hydrogen-bond donors (Lipinski definition) is 2. The van der Waals surface area contributed by atoms with E-state index in [1.165, 1.54) is 11.8 Å². The summed E-state index contributed by atoms with van der Waals surface area (Å²) in [7, 11) is 1.85. The van der Waals surface area contributed by atoms with Gasteiger partial charge >= 0.3 is 0 Å². The van der Waals surface area contributed by atoms with Crippen molar-refractivity contribution in [3.63, 3.8) is 0 Å². The van der Waals surface area contributed by atoms with Gasteiger partial charge < -0.3 is 16.0 Å². The van der Waals surface area contributed by atoms with Gasteiger partial charge in [-0.25, -0.2) is 0 Å². The van der Waals surface area contributed by atoms with Crippen LogP contribution in [0.25, 0.3) is 0 Å². The molecule has 1 aromatic carbocycles. The zero-order chi connectivity index (χ0) is 13.3. The molecule has 18 heavy (non-hydrogen) atoms. The normalized spacial score (nSPS) is 10.6. The number of carbonyl (C=O) groups excluding carboxylic acids is 1. The number of benzene rings is 1. The van der Waals surface area contributed by atoms with Crippen molar-refractivity contribution in [2.45, 2.75) is 17.0 Å². The van der Waals surface area contributed by atoms with Gasteiger partial charge in [0.2, 0.25) is 5.91 Å². The molecule has 0 saturated heterocycles. The number of rotatable bonds is 3.